The molecular formula is C20H27Cl2N3S. The van der Waals surface area contributed by atoms with Gasteiger partial charge in [-0.15, -0.1) is 24.8 Å². The van der Waals surface area contributed by atoms with Crippen LogP contribution in [0.25, 0.3) is 0 Å². The number of fused-ring (bicyclic) bond motifs is 2. The molecule has 2 aromatic rings. The zero-order valence-corrected chi connectivity index (χ0v) is 16.8. The van der Waals surface area contributed by atoms with E-state index in [0.717, 1.165) is 28.2 Å². The minimum Gasteiger partial charge on any atom is -0.340 e. The minimum atomic E-state index is -2.73. The molecule has 0 spiro atoms. The van der Waals surface area contributed by atoms with E-state index in [1.807, 2.05) is 48.5 Å². The maximum atomic E-state index is 8.36. The smallest absolute Gasteiger partial charge is 0.0552 e. The van der Waals surface area contributed by atoms with Crippen LogP contribution in [0.2, 0.25) is 0 Å². The van der Waals surface area contributed by atoms with Gasteiger partial charge in [0.05, 0.1) is 11.4 Å². The van der Waals surface area contributed by atoms with Crippen LogP contribution in [-0.4, -0.2) is 55.9 Å². The SMILES string of the molecule is Cl.Cl.[2H]C1([2H])N(C)C([2H])([2H])C([2H])([2H])N(CCCN2c3ccccc3Sc3ccccc32)C1([2H])[2H]. The summed E-state index contributed by atoms with van der Waals surface area (Å²) >= 11 is 1.67. The molecule has 26 heavy (non-hydrogen) atoms. The average Bonchev–Trinajstić information content (AvgIpc) is 2.74. The lowest BCUT2D eigenvalue weighted by molar-refractivity contribution is 0.153. The molecule has 0 unspecified atom stereocenters. The van der Waals surface area contributed by atoms with Crippen LogP contribution in [0.4, 0.5) is 11.4 Å². The first-order valence-electron chi connectivity index (χ1n) is 12.0. The first-order chi connectivity index (χ1) is 14.8. The summed E-state index contributed by atoms with van der Waals surface area (Å²) in [6.07, 6.45) is 0.308. The van der Waals surface area contributed by atoms with Gasteiger partial charge in [0.1, 0.15) is 0 Å². The van der Waals surface area contributed by atoms with Gasteiger partial charge in [0.25, 0.3) is 0 Å². The monoisotopic (exact) mass is 419 g/mol. The van der Waals surface area contributed by atoms with Gasteiger partial charge in [-0.05, 0) is 44.3 Å². The largest absolute Gasteiger partial charge is 0.340 e. The lowest BCUT2D eigenvalue weighted by Crippen LogP contribution is -2.45. The number of halogens is 2. The molecule has 2 aliphatic heterocycles. The number of anilines is 2. The Kier molecular flexibility index (Phi) is 4.75. The van der Waals surface area contributed by atoms with E-state index >= 15 is 0 Å². The summed E-state index contributed by atoms with van der Waals surface area (Å²) in [5.74, 6) is 0. The van der Waals surface area contributed by atoms with Crippen LogP contribution < -0.4 is 4.90 Å². The number of benzene rings is 2. The molecule has 2 aliphatic rings. The Morgan fingerprint density at radius 3 is 1.96 bits per heavy atom. The van der Waals surface area contributed by atoms with E-state index in [-0.39, 0.29) is 31.4 Å². The normalized spacial score (nSPS) is 29.2. The maximum absolute atomic E-state index is 8.36. The summed E-state index contributed by atoms with van der Waals surface area (Å²) in [6.45, 7) is -10.6. The number of rotatable bonds is 4. The Hall–Kier alpha value is -0.910. The molecule has 2 heterocycles. The zero-order valence-electron chi connectivity index (χ0n) is 22.3. The lowest BCUT2D eigenvalue weighted by atomic mass is 10.2. The molecule has 1 fully saturated rings. The molecule has 142 valence electrons. The van der Waals surface area contributed by atoms with Crippen molar-refractivity contribution in [3.05, 3.63) is 48.5 Å². The number of hydrogen-bond donors (Lipinski definition) is 0. The van der Waals surface area contributed by atoms with Crippen LogP contribution in [0.15, 0.2) is 58.3 Å². The third-order valence-corrected chi connectivity index (χ3v) is 5.13. The van der Waals surface area contributed by atoms with Crippen LogP contribution in [0.1, 0.15) is 17.4 Å². The van der Waals surface area contributed by atoms with E-state index < -0.39 is 26.0 Å². The van der Waals surface area contributed by atoms with E-state index in [2.05, 4.69) is 4.90 Å². The van der Waals surface area contributed by atoms with Gasteiger partial charge in [-0.1, -0.05) is 36.0 Å². The fourth-order valence-corrected chi connectivity index (χ4v) is 3.94. The molecule has 0 N–H and O–H groups in total. The van der Waals surface area contributed by atoms with Crippen molar-refractivity contribution in [3.8, 4) is 0 Å². The van der Waals surface area contributed by atoms with Crippen LogP contribution in [0, 0.1) is 0 Å². The number of hydrogen-bond acceptors (Lipinski definition) is 4. The zero-order chi connectivity index (χ0) is 23.5. The van der Waals surface area contributed by atoms with Gasteiger partial charge in [-0.25, -0.2) is 0 Å². The first kappa shape index (κ1) is 12.5. The topological polar surface area (TPSA) is 9.72 Å². The predicted molar refractivity (Wildman–Crippen MR) is 117 cm³/mol. The van der Waals surface area contributed by atoms with Gasteiger partial charge in [-0.2, -0.15) is 0 Å². The van der Waals surface area contributed by atoms with Gasteiger partial charge in [0.2, 0.25) is 0 Å². The highest BCUT2D eigenvalue weighted by Gasteiger charge is 2.22. The molecule has 6 heteroatoms. The molecule has 0 aliphatic carbocycles. The second kappa shape index (κ2) is 9.86. The Labute approximate surface area is 184 Å². The molecule has 3 nitrogen and oxygen atoms in total. The van der Waals surface area contributed by atoms with Gasteiger partial charge in [0.15, 0.2) is 0 Å². The first-order valence-corrected chi connectivity index (χ1v) is 8.80. The molecule has 0 atom stereocenters. The third kappa shape index (κ3) is 4.68. The van der Waals surface area contributed by atoms with Crippen molar-refractivity contribution in [1.29, 1.82) is 0 Å². The van der Waals surface area contributed by atoms with E-state index in [1.54, 1.807) is 11.8 Å². The van der Waals surface area contributed by atoms with Crippen LogP contribution >= 0.6 is 36.6 Å². The number of likely N-dealkylation sites (N-methyl/N-ethyl adjacent to an activating group) is 1. The Balaban J connectivity index is 0.00000204. The number of nitrogens with zero attached hydrogens (tertiary/aromatic N) is 3. The van der Waals surface area contributed by atoms with Crippen molar-refractivity contribution >= 4 is 48.0 Å². The van der Waals surface area contributed by atoms with E-state index in [1.165, 1.54) is 0 Å². The van der Waals surface area contributed by atoms with Crippen molar-refractivity contribution in [3.63, 3.8) is 0 Å². The van der Waals surface area contributed by atoms with Crippen molar-refractivity contribution in [1.82, 2.24) is 9.80 Å². The average molecular weight is 420 g/mol. The highest BCUT2D eigenvalue weighted by atomic mass is 35.5. The molecule has 2 aromatic carbocycles. The second-order valence-corrected chi connectivity index (χ2v) is 6.78. The number of para-hydroxylation sites is 2. The van der Waals surface area contributed by atoms with Gasteiger partial charge >= 0.3 is 0 Å². The van der Waals surface area contributed by atoms with Crippen molar-refractivity contribution < 1.29 is 11.0 Å². The highest BCUT2D eigenvalue weighted by molar-refractivity contribution is 7.99. The van der Waals surface area contributed by atoms with Crippen LogP contribution in [-0.2, 0) is 0 Å². The molecule has 1 saturated heterocycles. The summed E-state index contributed by atoms with van der Waals surface area (Å²) in [6, 6.07) is 15.9. The fraction of sp³-hybridized carbons (Fsp3) is 0.400. The molecule has 0 radical (unpaired) electrons. The summed E-state index contributed by atoms with van der Waals surface area (Å²) in [7, 11) is 1.08. The van der Waals surface area contributed by atoms with Crippen molar-refractivity contribution in [2.24, 2.45) is 0 Å². The molecule has 0 bridgehead atoms. The molecule has 0 aromatic heterocycles. The maximum Gasteiger partial charge on any atom is 0.0552 e. The fourth-order valence-electron chi connectivity index (χ4n) is 2.85. The van der Waals surface area contributed by atoms with Gasteiger partial charge < -0.3 is 14.7 Å². The van der Waals surface area contributed by atoms with E-state index in [4.69, 9.17) is 11.0 Å². The van der Waals surface area contributed by atoms with E-state index in [9.17, 15) is 0 Å². The quantitative estimate of drug-likeness (QED) is 0.705. The Bertz CT molecular complexity index is 953. The highest BCUT2D eigenvalue weighted by Crippen LogP contribution is 2.47. The second-order valence-electron chi connectivity index (χ2n) is 5.70. The third-order valence-electron chi connectivity index (χ3n) is 4.00. The summed E-state index contributed by atoms with van der Waals surface area (Å²) in [5, 5.41) is 0. The van der Waals surface area contributed by atoms with E-state index in [0.29, 0.717) is 22.8 Å². The van der Waals surface area contributed by atoms with Crippen LogP contribution in [0.5, 0.6) is 0 Å². The Morgan fingerprint density at radius 2 is 1.38 bits per heavy atom. The van der Waals surface area contributed by atoms with Crippen molar-refractivity contribution in [2.75, 3.05) is 51.0 Å². The van der Waals surface area contributed by atoms with Gasteiger partial charge in [0, 0.05) is 53.3 Å². The number of piperazine rings is 1. The predicted octanol–water partition coefficient (Wildman–Crippen LogP) is 4.77. The lowest BCUT2D eigenvalue weighted by Gasteiger charge is -2.35. The molecular weight excluding hydrogens is 385 g/mol. The summed E-state index contributed by atoms with van der Waals surface area (Å²) in [5.41, 5.74) is 2.01. The molecule has 0 saturated carbocycles. The summed E-state index contributed by atoms with van der Waals surface area (Å²) < 4.78 is 66.1. The minimum absolute atomic E-state index is 0. The summed E-state index contributed by atoms with van der Waals surface area (Å²) in [4.78, 5) is 5.50. The van der Waals surface area contributed by atoms with Crippen molar-refractivity contribution in [2.45, 2.75) is 16.2 Å². The van der Waals surface area contributed by atoms with Crippen LogP contribution in [0.3, 0.4) is 0 Å². The molecule has 4 rings (SSSR count). The standard InChI is InChI=1S/C20H25N3S.2ClH/c1-21-13-15-22(16-14-21)11-6-12-23-17-7-2-4-9-19(17)24-20-10-5-3-8-18(20)23;;/h2-5,7-10H,6,11-16H2,1H3;2*1H/i13D2,14D2,15D2,16D2;;. The van der Waals surface area contributed by atoms with Gasteiger partial charge in [-0.3, -0.25) is 0 Å². The molecule has 0 amide bonds. The Morgan fingerprint density at radius 1 is 0.846 bits per heavy atom.